The van der Waals surface area contributed by atoms with Gasteiger partial charge in [-0.25, -0.2) is 9.67 Å². The van der Waals surface area contributed by atoms with Gasteiger partial charge in [-0.3, -0.25) is 0 Å². The molecule has 0 bridgehead atoms. The van der Waals surface area contributed by atoms with Gasteiger partial charge in [0.15, 0.2) is 5.82 Å². The summed E-state index contributed by atoms with van der Waals surface area (Å²) in [4.78, 5) is 4.39. The molecule has 64 valence electrons. The quantitative estimate of drug-likeness (QED) is 0.583. The highest BCUT2D eigenvalue weighted by Crippen LogP contribution is 2.23. The van der Waals surface area contributed by atoms with Gasteiger partial charge in [-0.2, -0.15) is 5.10 Å². The smallest absolute Gasteiger partial charge is 0.153 e. The minimum absolute atomic E-state index is 0.881. The van der Waals surface area contributed by atoms with Crippen molar-refractivity contribution in [1.82, 2.24) is 14.8 Å². The van der Waals surface area contributed by atoms with E-state index in [4.69, 9.17) is 0 Å². The molecule has 0 amide bonds. The van der Waals surface area contributed by atoms with Crippen LogP contribution in [0.5, 0.6) is 0 Å². The third kappa shape index (κ3) is 1.05. The van der Waals surface area contributed by atoms with Gasteiger partial charge >= 0.3 is 0 Å². The molecule has 0 saturated heterocycles. The largest absolute Gasteiger partial charge is 0.246 e. The molecule has 3 heteroatoms. The molecule has 1 aromatic rings. The van der Waals surface area contributed by atoms with Gasteiger partial charge in [0.25, 0.3) is 0 Å². The minimum Gasteiger partial charge on any atom is -0.246 e. The Labute approximate surface area is 72.1 Å². The topological polar surface area (TPSA) is 30.7 Å². The Morgan fingerprint density at radius 3 is 3.08 bits per heavy atom. The van der Waals surface area contributed by atoms with Gasteiger partial charge < -0.3 is 0 Å². The van der Waals surface area contributed by atoms with E-state index in [1.54, 1.807) is 0 Å². The van der Waals surface area contributed by atoms with E-state index in [0.29, 0.717) is 0 Å². The Morgan fingerprint density at radius 2 is 2.33 bits per heavy atom. The number of rotatable bonds is 0. The van der Waals surface area contributed by atoms with E-state index in [9.17, 15) is 0 Å². The third-order valence-electron chi connectivity index (χ3n) is 2.23. The molecule has 0 aromatic carbocycles. The predicted molar refractivity (Wildman–Crippen MR) is 47.6 cm³/mol. The van der Waals surface area contributed by atoms with Gasteiger partial charge in [-0.05, 0) is 32.3 Å². The molecule has 0 saturated carbocycles. The molecule has 1 aliphatic heterocycles. The van der Waals surface area contributed by atoms with Gasteiger partial charge in [0.1, 0.15) is 5.82 Å². The summed E-state index contributed by atoms with van der Waals surface area (Å²) >= 11 is 0. The standard InChI is InChI=1S/C9H13N3/c1-3-8-5-4-6-12-9(8)10-7(2)11-12/h3H,4-6H2,1-2H3/b8-3+. The summed E-state index contributed by atoms with van der Waals surface area (Å²) in [5.41, 5.74) is 1.34. The van der Waals surface area contributed by atoms with E-state index in [-0.39, 0.29) is 0 Å². The van der Waals surface area contributed by atoms with Crippen LogP contribution < -0.4 is 0 Å². The predicted octanol–water partition coefficient (Wildman–Crippen LogP) is 1.78. The second-order valence-electron chi connectivity index (χ2n) is 3.12. The monoisotopic (exact) mass is 163 g/mol. The van der Waals surface area contributed by atoms with E-state index in [2.05, 4.69) is 23.1 Å². The average molecular weight is 163 g/mol. The first-order valence-corrected chi connectivity index (χ1v) is 4.38. The average Bonchev–Trinajstić information content (AvgIpc) is 2.44. The lowest BCUT2D eigenvalue weighted by molar-refractivity contribution is 0.549. The molecule has 2 heterocycles. The maximum absolute atomic E-state index is 4.39. The molecule has 0 unspecified atom stereocenters. The highest BCUT2D eigenvalue weighted by Gasteiger charge is 2.15. The fraction of sp³-hybridized carbons (Fsp3) is 0.556. The van der Waals surface area contributed by atoms with E-state index >= 15 is 0 Å². The maximum Gasteiger partial charge on any atom is 0.153 e. The van der Waals surface area contributed by atoms with Crippen molar-refractivity contribution < 1.29 is 0 Å². The van der Waals surface area contributed by atoms with Crippen LogP contribution in [0.4, 0.5) is 0 Å². The Bertz CT molecular complexity index is 323. The second kappa shape index (κ2) is 2.73. The van der Waals surface area contributed by atoms with Crippen molar-refractivity contribution in [3.63, 3.8) is 0 Å². The van der Waals surface area contributed by atoms with Crippen LogP contribution in [0.2, 0.25) is 0 Å². The van der Waals surface area contributed by atoms with Crippen molar-refractivity contribution >= 4 is 5.57 Å². The third-order valence-corrected chi connectivity index (χ3v) is 2.23. The van der Waals surface area contributed by atoms with Crippen LogP contribution in [0.15, 0.2) is 6.08 Å². The summed E-state index contributed by atoms with van der Waals surface area (Å²) in [5.74, 6) is 1.95. The second-order valence-corrected chi connectivity index (χ2v) is 3.12. The molecule has 0 atom stereocenters. The first-order chi connectivity index (χ1) is 5.81. The van der Waals surface area contributed by atoms with Gasteiger partial charge in [0, 0.05) is 6.54 Å². The van der Waals surface area contributed by atoms with Crippen LogP contribution in [0.25, 0.3) is 5.57 Å². The molecule has 12 heavy (non-hydrogen) atoms. The van der Waals surface area contributed by atoms with Crippen molar-refractivity contribution in [3.8, 4) is 0 Å². The van der Waals surface area contributed by atoms with Gasteiger partial charge in [0.05, 0.1) is 0 Å². The van der Waals surface area contributed by atoms with E-state index < -0.39 is 0 Å². The summed E-state index contributed by atoms with van der Waals surface area (Å²) < 4.78 is 2.01. The van der Waals surface area contributed by atoms with Crippen LogP contribution in [-0.2, 0) is 6.54 Å². The molecule has 2 rings (SSSR count). The summed E-state index contributed by atoms with van der Waals surface area (Å²) in [6.07, 6.45) is 4.48. The normalized spacial score (nSPS) is 19.7. The number of nitrogens with zero attached hydrogens (tertiary/aromatic N) is 3. The minimum atomic E-state index is 0.881. The van der Waals surface area contributed by atoms with Crippen molar-refractivity contribution in [2.75, 3.05) is 0 Å². The first-order valence-electron chi connectivity index (χ1n) is 4.38. The van der Waals surface area contributed by atoms with E-state index in [1.807, 2.05) is 11.6 Å². The highest BCUT2D eigenvalue weighted by atomic mass is 15.3. The lowest BCUT2D eigenvalue weighted by Crippen LogP contribution is -2.10. The zero-order valence-corrected chi connectivity index (χ0v) is 7.54. The van der Waals surface area contributed by atoms with Crippen LogP contribution in [0.3, 0.4) is 0 Å². The van der Waals surface area contributed by atoms with Crippen LogP contribution in [0, 0.1) is 6.92 Å². The molecule has 0 radical (unpaired) electrons. The van der Waals surface area contributed by atoms with Gasteiger partial charge in [0.2, 0.25) is 0 Å². The van der Waals surface area contributed by atoms with Crippen molar-refractivity contribution in [1.29, 1.82) is 0 Å². The lowest BCUT2D eigenvalue weighted by Gasteiger charge is -2.14. The SMILES string of the molecule is C/C=C1\CCCn2nc(C)nc21. The molecule has 0 aliphatic carbocycles. The van der Waals surface area contributed by atoms with Gasteiger partial charge in [-0.1, -0.05) is 6.08 Å². The number of hydrogen-bond donors (Lipinski definition) is 0. The Balaban J connectivity index is 2.50. The van der Waals surface area contributed by atoms with Crippen LogP contribution >= 0.6 is 0 Å². The van der Waals surface area contributed by atoms with Crippen molar-refractivity contribution in [2.45, 2.75) is 33.2 Å². The summed E-state index contributed by atoms with van der Waals surface area (Å²) in [6, 6.07) is 0. The maximum atomic E-state index is 4.39. The summed E-state index contributed by atoms with van der Waals surface area (Å²) in [5, 5.41) is 4.31. The van der Waals surface area contributed by atoms with E-state index in [0.717, 1.165) is 24.6 Å². The Kier molecular flexibility index (Phi) is 1.71. The van der Waals surface area contributed by atoms with Crippen molar-refractivity contribution in [2.24, 2.45) is 0 Å². The number of aromatic nitrogens is 3. The molecule has 0 spiro atoms. The molecule has 0 fully saturated rings. The molecule has 1 aliphatic rings. The molecular formula is C9H13N3. The van der Waals surface area contributed by atoms with Crippen LogP contribution in [-0.4, -0.2) is 14.8 Å². The van der Waals surface area contributed by atoms with Gasteiger partial charge in [-0.15, -0.1) is 0 Å². The molecule has 3 nitrogen and oxygen atoms in total. The highest BCUT2D eigenvalue weighted by molar-refractivity contribution is 5.60. The number of allylic oxidation sites excluding steroid dienone is 2. The summed E-state index contributed by atoms with van der Waals surface area (Å²) in [6.45, 7) is 5.03. The number of fused-ring (bicyclic) bond motifs is 1. The Hall–Kier alpha value is -1.12. The van der Waals surface area contributed by atoms with Crippen LogP contribution in [0.1, 0.15) is 31.4 Å². The van der Waals surface area contributed by atoms with Crippen molar-refractivity contribution in [3.05, 3.63) is 17.7 Å². The van der Waals surface area contributed by atoms with E-state index in [1.165, 1.54) is 12.0 Å². The first kappa shape index (κ1) is 7.53. The lowest BCUT2D eigenvalue weighted by atomic mass is 10.1. The zero-order chi connectivity index (χ0) is 8.55. The number of aryl methyl sites for hydroxylation is 2. The molecular weight excluding hydrogens is 150 g/mol. The molecule has 1 aromatic heterocycles. The fourth-order valence-corrected chi connectivity index (χ4v) is 1.65. The number of hydrogen-bond acceptors (Lipinski definition) is 2. The Morgan fingerprint density at radius 1 is 1.50 bits per heavy atom. The zero-order valence-electron chi connectivity index (χ0n) is 7.54. The fourth-order valence-electron chi connectivity index (χ4n) is 1.65. The molecule has 0 N–H and O–H groups in total. The summed E-state index contributed by atoms with van der Waals surface area (Å²) in [7, 11) is 0.